The number of methoxy groups -OCH3 is 1. The van der Waals surface area contributed by atoms with Crippen molar-refractivity contribution in [2.45, 2.75) is 0 Å². The fourth-order valence-electron chi connectivity index (χ4n) is 2.96. The van der Waals surface area contributed by atoms with Crippen LogP contribution in [0, 0.1) is 0 Å². The van der Waals surface area contributed by atoms with E-state index < -0.39 is 10.0 Å². The molecule has 0 N–H and O–H groups in total. The van der Waals surface area contributed by atoms with Crippen LogP contribution in [0.15, 0.2) is 48.5 Å². The molecule has 2 aromatic carbocycles. The maximum atomic E-state index is 12.6. The lowest BCUT2D eigenvalue weighted by Crippen LogP contribution is -2.49. The molecule has 1 aliphatic heterocycles. The van der Waals surface area contributed by atoms with Gasteiger partial charge in [-0.05, 0) is 42.5 Å². The summed E-state index contributed by atoms with van der Waals surface area (Å²) in [5, 5.41) is 0.679. The Balaban J connectivity index is 1.49. The topological polar surface area (TPSA) is 59.1 Å². The van der Waals surface area contributed by atoms with E-state index >= 15 is 0 Å². The van der Waals surface area contributed by atoms with Gasteiger partial charge in [-0.3, -0.25) is 0 Å². The van der Waals surface area contributed by atoms with Gasteiger partial charge in [-0.25, -0.2) is 8.42 Å². The van der Waals surface area contributed by atoms with E-state index in [2.05, 4.69) is 4.90 Å². The Morgan fingerprint density at radius 3 is 2.30 bits per heavy atom. The monoisotopic (exact) mass is 410 g/mol. The summed E-state index contributed by atoms with van der Waals surface area (Å²) in [7, 11) is -1.76. The van der Waals surface area contributed by atoms with Gasteiger partial charge in [-0.2, -0.15) is 4.31 Å². The lowest BCUT2D eigenvalue weighted by atomic mass is 10.2. The number of benzene rings is 2. The summed E-state index contributed by atoms with van der Waals surface area (Å²) in [5.74, 6) is 1.31. The highest BCUT2D eigenvalue weighted by Gasteiger charge is 2.27. The highest BCUT2D eigenvalue weighted by Crippen LogP contribution is 2.22. The second-order valence-corrected chi connectivity index (χ2v) is 8.73. The number of piperazine rings is 1. The Hall–Kier alpha value is -1.96. The number of nitrogens with zero attached hydrogens (tertiary/aromatic N) is 2. The highest BCUT2D eigenvalue weighted by molar-refractivity contribution is 7.89. The molecule has 6 nitrogen and oxygen atoms in total. The van der Waals surface area contributed by atoms with Crippen molar-refractivity contribution >= 4 is 27.3 Å². The van der Waals surface area contributed by atoms with Crippen molar-refractivity contribution in [3.8, 4) is 11.5 Å². The summed E-state index contributed by atoms with van der Waals surface area (Å²) < 4.78 is 37.3. The van der Waals surface area contributed by atoms with Gasteiger partial charge in [0, 0.05) is 36.9 Å². The van der Waals surface area contributed by atoms with E-state index in [0.717, 1.165) is 11.4 Å². The summed E-state index contributed by atoms with van der Waals surface area (Å²) in [6.07, 6.45) is 0. The highest BCUT2D eigenvalue weighted by atomic mass is 35.5. The second kappa shape index (κ2) is 8.82. The molecule has 1 fully saturated rings. The van der Waals surface area contributed by atoms with Gasteiger partial charge in [0.2, 0.25) is 10.0 Å². The first-order chi connectivity index (χ1) is 13.0. The van der Waals surface area contributed by atoms with Crippen LogP contribution < -0.4 is 14.4 Å². The Kier molecular flexibility index (Phi) is 6.46. The van der Waals surface area contributed by atoms with E-state index in [9.17, 15) is 8.42 Å². The van der Waals surface area contributed by atoms with Crippen molar-refractivity contribution < 1.29 is 17.9 Å². The van der Waals surface area contributed by atoms with Crippen LogP contribution in [0.1, 0.15) is 0 Å². The average molecular weight is 411 g/mol. The molecule has 0 spiro atoms. The standard InChI is InChI=1S/C19H23ClN2O4S/c1-25-18-5-7-19(8-6-18)26-13-14-27(23,24)22-11-9-21(10-12-22)17-4-2-3-16(20)15-17/h2-8,15H,9-14H2,1H3. The number of ether oxygens (including phenoxy) is 2. The SMILES string of the molecule is COc1ccc(OCCS(=O)(=O)N2CCN(c3cccc(Cl)c3)CC2)cc1. The first kappa shape index (κ1) is 19.8. The van der Waals surface area contributed by atoms with Gasteiger partial charge in [0.25, 0.3) is 0 Å². The maximum Gasteiger partial charge on any atom is 0.217 e. The maximum absolute atomic E-state index is 12.6. The molecule has 0 amide bonds. The van der Waals surface area contributed by atoms with Crippen molar-refractivity contribution in [1.29, 1.82) is 0 Å². The van der Waals surface area contributed by atoms with E-state index in [4.69, 9.17) is 21.1 Å². The fraction of sp³-hybridized carbons (Fsp3) is 0.368. The lowest BCUT2D eigenvalue weighted by molar-refractivity contribution is 0.330. The minimum absolute atomic E-state index is 0.0454. The zero-order valence-corrected chi connectivity index (χ0v) is 16.7. The minimum Gasteiger partial charge on any atom is -0.497 e. The lowest BCUT2D eigenvalue weighted by Gasteiger charge is -2.35. The van der Waals surface area contributed by atoms with Crippen molar-refractivity contribution in [2.24, 2.45) is 0 Å². The Bertz CT molecular complexity index is 850. The normalized spacial score (nSPS) is 15.6. The molecular weight excluding hydrogens is 388 g/mol. The van der Waals surface area contributed by atoms with E-state index in [1.54, 1.807) is 31.4 Å². The van der Waals surface area contributed by atoms with Crippen LogP contribution in [0.2, 0.25) is 5.02 Å². The van der Waals surface area contributed by atoms with Crippen LogP contribution in [0.5, 0.6) is 11.5 Å². The molecule has 8 heteroatoms. The predicted molar refractivity (Wildman–Crippen MR) is 108 cm³/mol. The van der Waals surface area contributed by atoms with Gasteiger partial charge in [0.15, 0.2) is 0 Å². The summed E-state index contributed by atoms with van der Waals surface area (Å²) >= 11 is 6.04. The number of rotatable bonds is 7. The number of halogens is 1. The third-order valence-electron chi connectivity index (χ3n) is 4.47. The molecule has 27 heavy (non-hydrogen) atoms. The molecule has 146 valence electrons. The third kappa shape index (κ3) is 5.28. The van der Waals surface area contributed by atoms with E-state index in [0.29, 0.717) is 37.0 Å². The molecule has 0 atom stereocenters. The Labute approximate surface area is 165 Å². The summed E-state index contributed by atoms with van der Waals surface area (Å²) in [6.45, 7) is 2.30. The van der Waals surface area contributed by atoms with Crippen LogP contribution in [0.3, 0.4) is 0 Å². The molecule has 0 unspecified atom stereocenters. The van der Waals surface area contributed by atoms with Crippen LogP contribution in [0.25, 0.3) is 0 Å². The molecule has 0 aliphatic carbocycles. The van der Waals surface area contributed by atoms with Gasteiger partial charge >= 0.3 is 0 Å². The van der Waals surface area contributed by atoms with Crippen molar-refractivity contribution in [1.82, 2.24) is 4.31 Å². The Morgan fingerprint density at radius 1 is 1.00 bits per heavy atom. The van der Waals surface area contributed by atoms with E-state index in [-0.39, 0.29) is 12.4 Å². The quantitative estimate of drug-likeness (QED) is 0.702. The smallest absolute Gasteiger partial charge is 0.217 e. The van der Waals surface area contributed by atoms with Gasteiger partial charge < -0.3 is 14.4 Å². The molecule has 3 rings (SSSR count). The molecule has 1 saturated heterocycles. The summed E-state index contributed by atoms with van der Waals surface area (Å²) in [5.41, 5.74) is 1.02. The average Bonchev–Trinajstić information content (AvgIpc) is 2.68. The predicted octanol–water partition coefficient (Wildman–Crippen LogP) is 2.88. The van der Waals surface area contributed by atoms with Gasteiger partial charge in [-0.15, -0.1) is 0 Å². The van der Waals surface area contributed by atoms with Crippen LogP contribution in [-0.4, -0.2) is 58.4 Å². The van der Waals surface area contributed by atoms with Gasteiger partial charge in [-0.1, -0.05) is 17.7 Å². The molecule has 1 aliphatic rings. The molecule has 1 heterocycles. The van der Waals surface area contributed by atoms with Gasteiger partial charge in [0.05, 0.1) is 12.9 Å². The second-order valence-electron chi connectivity index (χ2n) is 6.21. The number of anilines is 1. The van der Waals surface area contributed by atoms with Crippen molar-refractivity contribution in [3.63, 3.8) is 0 Å². The zero-order valence-electron chi connectivity index (χ0n) is 15.2. The largest absolute Gasteiger partial charge is 0.497 e. The third-order valence-corrected chi connectivity index (χ3v) is 6.54. The van der Waals surface area contributed by atoms with Crippen molar-refractivity contribution in [3.05, 3.63) is 53.6 Å². The van der Waals surface area contributed by atoms with Crippen LogP contribution in [0.4, 0.5) is 5.69 Å². The van der Waals surface area contributed by atoms with E-state index in [1.807, 2.05) is 24.3 Å². The summed E-state index contributed by atoms with van der Waals surface area (Å²) in [4.78, 5) is 2.14. The van der Waals surface area contributed by atoms with Crippen LogP contribution >= 0.6 is 11.6 Å². The van der Waals surface area contributed by atoms with Gasteiger partial charge in [0.1, 0.15) is 18.1 Å². The fourth-order valence-corrected chi connectivity index (χ4v) is 4.42. The van der Waals surface area contributed by atoms with Crippen LogP contribution in [-0.2, 0) is 10.0 Å². The molecule has 0 bridgehead atoms. The zero-order chi connectivity index (χ0) is 19.3. The first-order valence-electron chi connectivity index (χ1n) is 8.73. The first-order valence-corrected chi connectivity index (χ1v) is 10.7. The Morgan fingerprint density at radius 2 is 1.67 bits per heavy atom. The molecule has 0 saturated carbocycles. The van der Waals surface area contributed by atoms with E-state index in [1.165, 1.54) is 4.31 Å². The molecular formula is C19H23ClN2O4S. The molecule has 0 radical (unpaired) electrons. The number of sulfonamides is 1. The summed E-state index contributed by atoms with van der Waals surface area (Å²) in [6, 6.07) is 14.7. The number of hydrogen-bond acceptors (Lipinski definition) is 5. The minimum atomic E-state index is -3.35. The van der Waals surface area contributed by atoms with Crippen molar-refractivity contribution in [2.75, 3.05) is 50.5 Å². The molecule has 2 aromatic rings. The molecule has 0 aromatic heterocycles. The number of hydrogen-bond donors (Lipinski definition) is 0.